The van der Waals surface area contributed by atoms with Gasteiger partial charge in [0.15, 0.2) is 11.5 Å². The second kappa shape index (κ2) is 5.37. The molecule has 0 bridgehead atoms. The normalized spacial score (nSPS) is 10.3. The maximum atomic E-state index is 10.8. The molecule has 15 heavy (non-hydrogen) atoms. The molecule has 1 N–H and O–H groups in total. The van der Waals surface area contributed by atoms with Crippen LogP contribution in [0.1, 0.15) is 5.56 Å². The van der Waals surface area contributed by atoms with Gasteiger partial charge in [0.05, 0.1) is 16.6 Å². The van der Waals surface area contributed by atoms with Crippen molar-refractivity contribution in [1.29, 1.82) is 0 Å². The number of phenols is 1. The number of hydrogen-bond acceptors (Lipinski definition) is 4. The number of benzene rings is 1. The predicted molar refractivity (Wildman–Crippen MR) is 59.5 cm³/mol. The van der Waals surface area contributed by atoms with E-state index in [1.165, 1.54) is 19.3 Å². The van der Waals surface area contributed by atoms with Crippen LogP contribution >= 0.6 is 9.47 Å². The Bertz CT molecular complexity index is 387. The maximum Gasteiger partial charge on any atom is 0.332 e. The summed E-state index contributed by atoms with van der Waals surface area (Å²) >= 11 is 0. The lowest BCUT2D eigenvalue weighted by atomic mass is 10.2. The molecular formula is C10H11O4P. The zero-order chi connectivity index (χ0) is 11.3. The molecule has 1 rings (SSSR count). The molecule has 5 heteroatoms. The average molecular weight is 226 g/mol. The van der Waals surface area contributed by atoms with E-state index in [1.807, 2.05) is 9.47 Å². The highest BCUT2D eigenvalue weighted by Gasteiger charge is 2.00. The molecule has 1 aromatic rings. The minimum atomic E-state index is -0.466. The summed E-state index contributed by atoms with van der Waals surface area (Å²) in [7, 11) is 3.32. The Hall–Kier alpha value is -1.54. The number of carbonyl (C=O) groups excluding carboxylic acids is 1. The van der Waals surface area contributed by atoms with E-state index in [-0.39, 0.29) is 5.75 Å². The summed E-state index contributed by atoms with van der Waals surface area (Å²) in [5, 5.41) is 9.31. The van der Waals surface area contributed by atoms with Gasteiger partial charge in [-0.05, 0) is 23.8 Å². The Balaban J connectivity index is 2.87. The number of rotatable bonds is 3. The van der Waals surface area contributed by atoms with Gasteiger partial charge in [-0.25, -0.2) is 4.79 Å². The predicted octanol–water partition coefficient (Wildman–Crippen LogP) is 1.75. The van der Waals surface area contributed by atoms with Crippen LogP contribution in [-0.4, -0.2) is 18.2 Å². The molecular weight excluding hydrogens is 215 g/mol. The maximum absolute atomic E-state index is 10.8. The summed E-state index contributed by atoms with van der Waals surface area (Å²) in [5.74, 6) is -0.0493. The highest BCUT2D eigenvalue weighted by molar-refractivity contribution is 7.10. The Morgan fingerprint density at radius 2 is 2.27 bits per heavy atom. The topological polar surface area (TPSA) is 55.8 Å². The molecule has 1 unspecified atom stereocenters. The van der Waals surface area contributed by atoms with Gasteiger partial charge in [-0.3, -0.25) is 0 Å². The first-order chi connectivity index (χ1) is 7.17. The fraction of sp³-hybridized carbons (Fsp3) is 0.100. The number of carbonyl (C=O) groups is 1. The number of phenolic OH excluding ortho intramolecular Hbond substituents is 1. The van der Waals surface area contributed by atoms with Crippen molar-refractivity contribution in [1.82, 2.24) is 0 Å². The Labute approximate surface area is 89.8 Å². The zero-order valence-corrected chi connectivity index (χ0v) is 9.29. The summed E-state index contributed by atoms with van der Waals surface area (Å²) in [6.45, 7) is 0. The minimum Gasteiger partial charge on any atom is -0.504 e. The van der Waals surface area contributed by atoms with Crippen molar-refractivity contribution in [2.24, 2.45) is 0 Å². The first-order valence-corrected chi connectivity index (χ1v) is 4.60. The number of ether oxygens (including phenoxy) is 1. The third-order valence-electron chi connectivity index (χ3n) is 1.73. The van der Waals surface area contributed by atoms with E-state index in [0.29, 0.717) is 5.75 Å². The Morgan fingerprint density at radius 3 is 2.87 bits per heavy atom. The number of hydrogen-bond donors (Lipinski definition) is 1. The lowest BCUT2D eigenvalue weighted by Gasteiger charge is -2.03. The SMILES string of the molecule is COc1cc(/C=C/C(=O)OP)ccc1O. The smallest absolute Gasteiger partial charge is 0.332 e. The summed E-state index contributed by atoms with van der Waals surface area (Å²) in [6.07, 6.45) is 2.84. The molecule has 0 fully saturated rings. The molecule has 0 spiro atoms. The van der Waals surface area contributed by atoms with Gasteiger partial charge in [0, 0.05) is 6.08 Å². The monoisotopic (exact) mass is 226 g/mol. The van der Waals surface area contributed by atoms with E-state index in [4.69, 9.17) is 4.74 Å². The molecule has 0 aromatic heterocycles. The highest BCUT2D eigenvalue weighted by Crippen LogP contribution is 2.26. The lowest BCUT2D eigenvalue weighted by molar-refractivity contribution is -0.127. The largest absolute Gasteiger partial charge is 0.504 e. The van der Waals surface area contributed by atoms with Gasteiger partial charge in [0.25, 0.3) is 0 Å². The van der Waals surface area contributed by atoms with Gasteiger partial charge in [0.1, 0.15) is 0 Å². The minimum absolute atomic E-state index is 0.0586. The summed E-state index contributed by atoms with van der Waals surface area (Å²) in [6, 6.07) is 4.76. The molecule has 0 heterocycles. The molecule has 1 aromatic carbocycles. The van der Waals surface area contributed by atoms with Crippen LogP contribution in [0.25, 0.3) is 6.08 Å². The van der Waals surface area contributed by atoms with Gasteiger partial charge < -0.3 is 14.4 Å². The van der Waals surface area contributed by atoms with Crippen molar-refractivity contribution in [3.05, 3.63) is 29.8 Å². The molecule has 4 nitrogen and oxygen atoms in total. The highest BCUT2D eigenvalue weighted by atomic mass is 31.0. The number of aromatic hydroxyl groups is 1. The van der Waals surface area contributed by atoms with Gasteiger partial charge in [-0.1, -0.05) is 6.07 Å². The van der Waals surface area contributed by atoms with Gasteiger partial charge in [0.2, 0.25) is 0 Å². The third kappa shape index (κ3) is 3.26. The molecule has 1 atom stereocenters. The van der Waals surface area contributed by atoms with E-state index >= 15 is 0 Å². The fourth-order valence-electron chi connectivity index (χ4n) is 1.00. The zero-order valence-electron chi connectivity index (χ0n) is 8.14. The molecule has 0 radical (unpaired) electrons. The average Bonchev–Trinajstić information content (AvgIpc) is 2.27. The molecule has 80 valence electrons. The van der Waals surface area contributed by atoms with Gasteiger partial charge in [-0.15, -0.1) is 0 Å². The van der Waals surface area contributed by atoms with Crippen LogP contribution in [0.2, 0.25) is 0 Å². The molecule has 0 aliphatic rings. The van der Waals surface area contributed by atoms with Crippen molar-refractivity contribution >= 4 is 21.5 Å². The molecule has 0 saturated carbocycles. The van der Waals surface area contributed by atoms with Crippen LogP contribution in [0.3, 0.4) is 0 Å². The van der Waals surface area contributed by atoms with E-state index in [0.717, 1.165) is 5.56 Å². The summed E-state index contributed by atoms with van der Waals surface area (Å²) in [4.78, 5) is 10.8. The Kier molecular flexibility index (Phi) is 4.13. The van der Waals surface area contributed by atoms with Crippen molar-refractivity contribution in [3.8, 4) is 11.5 Å². The van der Waals surface area contributed by atoms with Crippen molar-refractivity contribution in [2.75, 3.05) is 7.11 Å². The van der Waals surface area contributed by atoms with E-state index < -0.39 is 5.97 Å². The van der Waals surface area contributed by atoms with Crippen LogP contribution in [0.4, 0.5) is 0 Å². The summed E-state index contributed by atoms with van der Waals surface area (Å²) in [5.41, 5.74) is 0.736. The van der Waals surface area contributed by atoms with E-state index in [9.17, 15) is 9.90 Å². The quantitative estimate of drug-likeness (QED) is 0.630. The van der Waals surface area contributed by atoms with E-state index in [1.54, 1.807) is 18.2 Å². The van der Waals surface area contributed by atoms with Gasteiger partial charge >= 0.3 is 5.97 Å². The van der Waals surface area contributed by atoms with E-state index in [2.05, 4.69) is 4.52 Å². The van der Waals surface area contributed by atoms with Crippen LogP contribution in [0.5, 0.6) is 11.5 Å². The fourth-order valence-corrected chi connectivity index (χ4v) is 1.08. The Morgan fingerprint density at radius 1 is 1.53 bits per heavy atom. The van der Waals surface area contributed by atoms with Crippen LogP contribution in [-0.2, 0) is 9.32 Å². The van der Waals surface area contributed by atoms with Gasteiger partial charge in [-0.2, -0.15) is 0 Å². The molecule has 0 amide bonds. The lowest BCUT2D eigenvalue weighted by Crippen LogP contribution is -1.89. The first kappa shape index (κ1) is 11.5. The second-order valence-corrected chi connectivity index (χ2v) is 2.94. The molecule has 0 saturated heterocycles. The van der Waals surface area contributed by atoms with Crippen molar-refractivity contribution < 1.29 is 19.2 Å². The standard InChI is InChI=1S/C10H11O4P/c1-13-9-6-7(2-4-8(9)11)3-5-10(12)14-15/h2-6,11H,15H2,1H3/b5-3+. The van der Waals surface area contributed by atoms with Crippen molar-refractivity contribution in [3.63, 3.8) is 0 Å². The molecule has 0 aliphatic carbocycles. The van der Waals surface area contributed by atoms with Crippen LogP contribution in [0, 0.1) is 0 Å². The molecule has 0 aliphatic heterocycles. The van der Waals surface area contributed by atoms with Crippen LogP contribution in [0.15, 0.2) is 24.3 Å². The first-order valence-electron chi connectivity index (χ1n) is 4.13. The number of methoxy groups -OCH3 is 1. The van der Waals surface area contributed by atoms with Crippen molar-refractivity contribution in [2.45, 2.75) is 0 Å². The summed E-state index contributed by atoms with van der Waals surface area (Å²) < 4.78 is 9.28. The second-order valence-electron chi connectivity index (χ2n) is 2.70. The third-order valence-corrected chi connectivity index (χ3v) is 1.96. The van der Waals surface area contributed by atoms with Crippen LogP contribution < -0.4 is 4.74 Å².